The maximum atomic E-state index is 12.3. The Morgan fingerprint density at radius 2 is 2.05 bits per heavy atom. The van der Waals surface area contributed by atoms with Crippen molar-refractivity contribution in [2.75, 3.05) is 6.26 Å². The first kappa shape index (κ1) is 16.9. The maximum Gasteiger partial charge on any atom is 0.371 e. The van der Waals surface area contributed by atoms with Gasteiger partial charge in [-0.05, 0) is 47.9 Å². The molecular formula is C12H16BrNO5S2. The molecule has 0 saturated heterocycles. The van der Waals surface area contributed by atoms with Crippen LogP contribution in [0.3, 0.4) is 0 Å². The fourth-order valence-electron chi connectivity index (χ4n) is 2.34. The molecule has 0 radical (unpaired) electrons. The second-order valence-corrected chi connectivity index (χ2v) is 8.43. The summed E-state index contributed by atoms with van der Waals surface area (Å²) in [6, 6.07) is 0.899. The molecule has 2 rings (SSSR count). The average Bonchev–Trinajstić information content (AvgIpc) is 2.82. The van der Waals surface area contributed by atoms with Crippen LogP contribution in [0, 0.1) is 0 Å². The van der Waals surface area contributed by atoms with Crippen LogP contribution in [0.15, 0.2) is 20.0 Å². The molecule has 1 aliphatic carbocycles. The number of aromatic carboxylic acids is 1. The van der Waals surface area contributed by atoms with Gasteiger partial charge in [-0.15, -0.1) is 0 Å². The van der Waals surface area contributed by atoms with Gasteiger partial charge in [0.1, 0.15) is 4.90 Å². The molecule has 0 bridgehead atoms. The normalized spacial score (nSPS) is 23.1. The molecule has 21 heavy (non-hydrogen) atoms. The van der Waals surface area contributed by atoms with Crippen molar-refractivity contribution in [1.29, 1.82) is 0 Å². The summed E-state index contributed by atoms with van der Waals surface area (Å²) in [5.41, 5.74) is 0. The molecule has 0 aromatic carbocycles. The predicted octanol–water partition coefficient (Wildman–Crippen LogP) is 2.69. The van der Waals surface area contributed by atoms with Gasteiger partial charge < -0.3 is 9.52 Å². The summed E-state index contributed by atoms with van der Waals surface area (Å²) >= 11 is 4.76. The number of sulfonamides is 1. The van der Waals surface area contributed by atoms with E-state index in [0.717, 1.165) is 31.7 Å². The quantitative estimate of drug-likeness (QED) is 0.792. The van der Waals surface area contributed by atoms with E-state index in [-0.39, 0.29) is 15.6 Å². The monoisotopic (exact) mass is 397 g/mol. The van der Waals surface area contributed by atoms with Crippen LogP contribution in [0.25, 0.3) is 0 Å². The second-order valence-electron chi connectivity index (χ2n) is 4.88. The molecule has 1 aromatic heterocycles. The fourth-order valence-corrected chi connectivity index (χ4v) is 5.33. The van der Waals surface area contributed by atoms with Crippen LogP contribution in [-0.2, 0) is 10.0 Å². The largest absolute Gasteiger partial charge is 0.475 e. The van der Waals surface area contributed by atoms with Gasteiger partial charge in [0, 0.05) is 17.4 Å². The number of carboxylic acid groups (broad SMARTS) is 1. The van der Waals surface area contributed by atoms with Crippen LogP contribution in [0.2, 0.25) is 0 Å². The second kappa shape index (κ2) is 6.72. The van der Waals surface area contributed by atoms with Gasteiger partial charge >= 0.3 is 5.97 Å². The number of thioether (sulfide) groups is 1. The number of carbonyl (C=O) groups is 1. The van der Waals surface area contributed by atoms with Crippen LogP contribution < -0.4 is 4.72 Å². The lowest BCUT2D eigenvalue weighted by molar-refractivity contribution is 0.0661. The third-order valence-corrected chi connectivity index (χ3v) is 7.00. The zero-order chi connectivity index (χ0) is 15.6. The van der Waals surface area contributed by atoms with Crippen LogP contribution in [0.4, 0.5) is 0 Å². The Labute approximate surface area is 135 Å². The van der Waals surface area contributed by atoms with E-state index >= 15 is 0 Å². The van der Waals surface area contributed by atoms with Gasteiger partial charge in [0.15, 0.2) is 4.67 Å². The molecule has 1 saturated carbocycles. The molecule has 1 heterocycles. The maximum absolute atomic E-state index is 12.3. The van der Waals surface area contributed by atoms with Crippen molar-refractivity contribution >= 4 is 43.7 Å². The van der Waals surface area contributed by atoms with E-state index in [4.69, 9.17) is 9.52 Å². The highest BCUT2D eigenvalue weighted by Crippen LogP contribution is 2.30. The molecule has 6 nitrogen and oxygen atoms in total. The summed E-state index contributed by atoms with van der Waals surface area (Å²) in [5, 5.41) is 9.42. The Bertz CT molecular complexity index is 620. The van der Waals surface area contributed by atoms with Gasteiger partial charge in [0.25, 0.3) is 0 Å². The molecule has 1 fully saturated rings. The van der Waals surface area contributed by atoms with Crippen molar-refractivity contribution in [3.63, 3.8) is 0 Å². The highest BCUT2D eigenvalue weighted by atomic mass is 79.9. The molecule has 1 aromatic rings. The smallest absolute Gasteiger partial charge is 0.371 e. The Hall–Kier alpha value is -0.510. The lowest BCUT2D eigenvalue weighted by Crippen LogP contribution is -2.38. The molecular weight excluding hydrogens is 382 g/mol. The zero-order valence-electron chi connectivity index (χ0n) is 11.3. The molecule has 0 atom stereocenters. The van der Waals surface area contributed by atoms with E-state index in [1.807, 2.05) is 0 Å². The average molecular weight is 398 g/mol. The van der Waals surface area contributed by atoms with Crippen molar-refractivity contribution in [2.24, 2.45) is 0 Å². The van der Waals surface area contributed by atoms with Crippen LogP contribution in [0.5, 0.6) is 0 Å². The number of carboxylic acids is 1. The first-order valence-electron chi connectivity index (χ1n) is 6.41. The van der Waals surface area contributed by atoms with E-state index in [0.29, 0.717) is 5.25 Å². The first-order valence-corrected chi connectivity index (χ1v) is 9.97. The highest BCUT2D eigenvalue weighted by molar-refractivity contribution is 9.10. The van der Waals surface area contributed by atoms with Gasteiger partial charge in [-0.3, -0.25) is 0 Å². The molecule has 9 heteroatoms. The predicted molar refractivity (Wildman–Crippen MR) is 83.2 cm³/mol. The number of hydrogen-bond donors (Lipinski definition) is 2. The van der Waals surface area contributed by atoms with Crippen LogP contribution in [0.1, 0.15) is 36.2 Å². The van der Waals surface area contributed by atoms with Gasteiger partial charge in [-0.2, -0.15) is 11.8 Å². The summed E-state index contributed by atoms with van der Waals surface area (Å²) in [6.07, 6.45) is 5.58. The third kappa shape index (κ3) is 4.02. The van der Waals surface area contributed by atoms with E-state index < -0.39 is 21.8 Å². The zero-order valence-corrected chi connectivity index (χ0v) is 14.6. The van der Waals surface area contributed by atoms with Crippen LogP contribution >= 0.6 is 27.7 Å². The molecule has 0 aliphatic heterocycles. The minimum absolute atomic E-state index is 0.0924. The molecule has 0 spiro atoms. The summed E-state index contributed by atoms with van der Waals surface area (Å²) in [4.78, 5) is 10.6. The standard InChI is InChI=1S/C12H16BrNO5S2/c1-20-8-4-2-7(3-5-8)14-21(17,18)10-6-9(12(15)16)19-11(10)13/h6-8,14H,2-5H2,1H3,(H,15,16). The van der Waals surface area contributed by atoms with Crippen molar-refractivity contribution < 1.29 is 22.7 Å². The SMILES string of the molecule is CSC1CCC(NS(=O)(=O)c2cc(C(=O)O)oc2Br)CC1. The summed E-state index contributed by atoms with van der Waals surface area (Å²) in [5.74, 6) is -1.72. The molecule has 2 N–H and O–H groups in total. The Morgan fingerprint density at radius 3 is 2.52 bits per heavy atom. The minimum Gasteiger partial charge on any atom is -0.475 e. The van der Waals surface area contributed by atoms with E-state index in [1.54, 1.807) is 11.8 Å². The van der Waals surface area contributed by atoms with Gasteiger partial charge in [-0.25, -0.2) is 17.9 Å². The minimum atomic E-state index is -3.79. The van der Waals surface area contributed by atoms with Crippen molar-refractivity contribution in [2.45, 2.75) is 41.9 Å². The third-order valence-electron chi connectivity index (χ3n) is 3.49. The van der Waals surface area contributed by atoms with Gasteiger partial charge in [0.2, 0.25) is 15.8 Å². The lowest BCUT2D eigenvalue weighted by Gasteiger charge is -2.27. The number of furan rings is 1. The summed E-state index contributed by atoms with van der Waals surface area (Å²) in [6.45, 7) is 0. The number of nitrogens with one attached hydrogen (secondary N) is 1. The molecule has 118 valence electrons. The topological polar surface area (TPSA) is 96.6 Å². The Balaban J connectivity index is 2.10. The number of hydrogen-bond acceptors (Lipinski definition) is 5. The Kier molecular flexibility index (Phi) is 5.39. The van der Waals surface area contributed by atoms with E-state index in [9.17, 15) is 13.2 Å². The van der Waals surface area contributed by atoms with Gasteiger partial charge in [-0.1, -0.05) is 0 Å². The fraction of sp³-hybridized carbons (Fsp3) is 0.583. The van der Waals surface area contributed by atoms with Crippen molar-refractivity contribution in [1.82, 2.24) is 4.72 Å². The summed E-state index contributed by atoms with van der Waals surface area (Å²) < 4.78 is 32.0. The van der Waals surface area contributed by atoms with E-state index in [1.165, 1.54) is 0 Å². The first-order chi connectivity index (χ1) is 9.83. The molecule has 0 unspecified atom stereocenters. The van der Waals surface area contributed by atoms with E-state index in [2.05, 4.69) is 26.9 Å². The summed E-state index contributed by atoms with van der Waals surface area (Å²) in [7, 11) is -3.79. The van der Waals surface area contributed by atoms with Crippen molar-refractivity contribution in [3.8, 4) is 0 Å². The number of rotatable bonds is 5. The lowest BCUT2D eigenvalue weighted by atomic mass is 9.96. The Morgan fingerprint density at radius 1 is 1.43 bits per heavy atom. The highest BCUT2D eigenvalue weighted by Gasteiger charge is 2.29. The van der Waals surface area contributed by atoms with Crippen molar-refractivity contribution in [3.05, 3.63) is 16.5 Å². The molecule has 1 aliphatic rings. The number of halogens is 1. The van der Waals surface area contributed by atoms with Gasteiger partial charge in [0.05, 0.1) is 0 Å². The molecule has 0 amide bonds. The van der Waals surface area contributed by atoms with Crippen LogP contribution in [-0.4, -0.2) is 37.0 Å².